The molecule has 1 heterocycles. The van der Waals surface area contributed by atoms with Gasteiger partial charge in [0.05, 0.1) is 5.71 Å². The molecule has 148 valence electrons. The van der Waals surface area contributed by atoms with Gasteiger partial charge < -0.3 is 5.32 Å². The first kappa shape index (κ1) is 20.7. The Balaban J connectivity index is 1.79. The molecule has 28 heavy (non-hydrogen) atoms. The van der Waals surface area contributed by atoms with Gasteiger partial charge in [-0.25, -0.2) is 0 Å². The van der Waals surface area contributed by atoms with Crippen molar-refractivity contribution in [1.82, 2.24) is 5.01 Å². The molecule has 1 N–H and O–H groups in total. The highest BCUT2D eigenvalue weighted by molar-refractivity contribution is 6.31. The van der Waals surface area contributed by atoms with Crippen molar-refractivity contribution in [2.24, 2.45) is 16.4 Å². The molecule has 1 aliphatic rings. The van der Waals surface area contributed by atoms with E-state index in [1.165, 1.54) is 0 Å². The third-order valence-electron chi connectivity index (χ3n) is 5.57. The SMILES string of the molecule is CCC(C)C1(C)CN(CC(=O)Nc2ccc(Cl)cc2)N=C1c1ccc(Cl)cc1. The fourth-order valence-electron chi connectivity index (χ4n) is 3.57. The lowest BCUT2D eigenvalue weighted by Crippen LogP contribution is -2.39. The van der Waals surface area contributed by atoms with Crippen LogP contribution < -0.4 is 5.32 Å². The number of nitrogens with zero attached hydrogens (tertiary/aromatic N) is 2. The van der Waals surface area contributed by atoms with E-state index < -0.39 is 0 Å². The van der Waals surface area contributed by atoms with Crippen LogP contribution in [0.4, 0.5) is 5.69 Å². The number of benzene rings is 2. The van der Waals surface area contributed by atoms with Crippen LogP contribution in [0.2, 0.25) is 10.0 Å². The van der Waals surface area contributed by atoms with Crippen LogP contribution in [0.5, 0.6) is 0 Å². The third-order valence-corrected chi connectivity index (χ3v) is 6.07. The first-order valence-corrected chi connectivity index (χ1v) is 10.2. The van der Waals surface area contributed by atoms with E-state index in [0.29, 0.717) is 22.5 Å². The van der Waals surface area contributed by atoms with Crippen LogP contribution in [0, 0.1) is 11.3 Å². The fourth-order valence-corrected chi connectivity index (χ4v) is 3.82. The zero-order chi connectivity index (χ0) is 20.3. The highest BCUT2D eigenvalue weighted by Crippen LogP contribution is 2.39. The Morgan fingerprint density at radius 2 is 1.71 bits per heavy atom. The second-order valence-corrected chi connectivity index (χ2v) is 8.43. The number of nitrogens with one attached hydrogen (secondary N) is 1. The summed E-state index contributed by atoms with van der Waals surface area (Å²) in [4.78, 5) is 12.5. The van der Waals surface area contributed by atoms with Gasteiger partial charge >= 0.3 is 0 Å². The van der Waals surface area contributed by atoms with Crippen LogP contribution >= 0.6 is 23.2 Å². The molecule has 3 rings (SSSR count). The summed E-state index contributed by atoms with van der Waals surface area (Å²) < 4.78 is 0. The second-order valence-electron chi connectivity index (χ2n) is 7.56. The van der Waals surface area contributed by atoms with Crippen molar-refractivity contribution >= 4 is 40.5 Å². The predicted molar refractivity (Wildman–Crippen MR) is 117 cm³/mol. The molecule has 0 fully saturated rings. The number of anilines is 1. The Kier molecular flexibility index (Phi) is 6.31. The average Bonchev–Trinajstić information content (AvgIpc) is 3.00. The molecule has 0 radical (unpaired) electrons. The van der Waals surface area contributed by atoms with Gasteiger partial charge in [0.25, 0.3) is 0 Å². The molecular weight excluding hydrogens is 393 g/mol. The quantitative estimate of drug-likeness (QED) is 0.654. The highest BCUT2D eigenvalue weighted by Gasteiger charge is 2.43. The number of carbonyl (C=O) groups excluding carboxylic acids is 1. The normalized spacial score (nSPS) is 20.0. The standard InChI is InChI=1S/C22H25Cl2N3O/c1-4-15(2)22(3)14-27(26-21(22)16-5-7-17(23)8-6-16)13-20(28)25-19-11-9-18(24)10-12-19/h5-12,15H,4,13-14H2,1-3H3,(H,25,28). The van der Waals surface area contributed by atoms with Gasteiger partial charge in [0, 0.05) is 27.7 Å². The summed E-state index contributed by atoms with van der Waals surface area (Å²) >= 11 is 11.9. The van der Waals surface area contributed by atoms with Gasteiger partial charge in [-0.3, -0.25) is 9.80 Å². The van der Waals surface area contributed by atoms with Crippen LogP contribution in [-0.4, -0.2) is 29.7 Å². The van der Waals surface area contributed by atoms with Crippen molar-refractivity contribution in [2.75, 3.05) is 18.4 Å². The maximum atomic E-state index is 12.5. The number of amides is 1. The molecule has 1 aliphatic heterocycles. The zero-order valence-corrected chi connectivity index (χ0v) is 17.9. The van der Waals surface area contributed by atoms with Crippen LogP contribution in [0.25, 0.3) is 0 Å². The second kappa shape index (κ2) is 8.54. The summed E-state index contributed by atoms with van der Waals surface area (Å²) in [7, 11) is 0. The number of halogens is 2. The lowest BCUT2D eigenvalue weighted by atomic mass is 9.71. The molecule has 0 saturated heterocycles. The smallest absolute Gasteiger partial charge is 0.245 e. The Hall–Kier alpha value is -2.04. The Labute approximate surface area is 176 Å². The van der Waals surface area contributed by atoms with Gasteiger partial charge in [-0.15, -0.1) is 0 Å². The lowest BCUT2D eigenvalue weighted by Gasteiger charge is -2.32. The molecule has 0 aromatic heterocycles. The van der Waals surface area contributed by atoms with Gasteiger partial charge in [0.15, 0.2) is 0 Å². The van der Waals surface area contributed by atoms with Gasteiger partial charge in [-0.05, 0) is 47.9 Å². The minimum atomic E-state index is -0.136. The van der Waals surface area contributed by atoms with E-state index >= 15 is 0 Å². The van der Waals surface area contributed by atoms with Crippen molar-refractivity contribution in [3.05, 3.63) is 64.1 Å². The van der Waals surface area contributed by atoms with E-state index in [1.54, 1.807) is 24.3 Å². The molecule has 6 heteroatoms. The molecule has 2 aromatic carbocycles. The number of hydrogen-bond donors (Lipinski definition) is 1. The summed E-state index contributed by atoms with van der Waals surface area (Å²) in [5, 5.41) is 10.9. The van der Waals surface area contributed by atoms with Crippen molar-refractivity contribution in [1.29, 1.82) is 0 Å². The molecule has 0 bridgehead atoms. The Morgan fingerprint density at radius 3 is 2.29 bits per heavy atom. The maximum absolute atomic E-state index is 12.5. The summed E-state index contributed by atoms with van der Waals surface area (Å²) in [6, 6.07) is 14.8. The number of hydrazone groups is 1. The monoisotopic (exact) mass is 417 g/mol. The van der Waals surface area contributed by atoms with Crippen LogP contribution in [0.1, 0.15) is 32.8 Å². The van der Waals surface area contributed by atoms with Crippen LogP contribution in [0.15, 0.2) is 53.6 Å². The van der Waals surface area contributed by atoms with Crippen LogP contribution in [0.3, 0.4) is 0 Å². The molecular formula is C22H25Cl2N3O. The highest BCUT2D eigenvalue weighted by atomic mass is 35.5. The summed E-state index contributed by atoms with van der Waals surface area (Å²) in [6.07, 6.45) is 1.04. The topological polar surface area (TPSA) is 44.7 Å². The molecule has 0 spiro atoms. The summed E-state index contributed by atoms with van der Waals surface area (Å²) in [5.74, 6) is 0.321. The minimum Gasteiger partial charge on any atom is -0.324 e. The lowest BCUT2D eigenvalue weighted by molar-refractivity contribution is -0.117. The summed E-state index contributed by atoms with van der Waals surface area (Å²) in [6.45, 7) is 7.56. The van der Waals surface area contributed by atoms with E-state index in [4.69, 9.17) is 28.3 Å². The van der Waals surface area contributed by atoms with Gasteiger partial charge in [-0.1, -0.05) is 62.5 Å². The number of rotatable bonds is 6. The van der Waals surface area contributed by atoms with Crippen molar-refractivity contribution in [3.8, 4) is 0 Å². The van der Waals surface area contributed by atoms with Gasteiger partial charge in [0.1, 0.15) is 6.54 Å². The number of hydrogen-bond acceptors (Lipinski definition) is 3. The van der Waals surface area contributed by atoms with Crippen molar-refractivity contribution in [2.45, 2.75) is 27.2 Å². The largest absolute Gasteiger partial charge is 0.324 e. The molecule has 2 unspecified atom stereocenters. The van der Waals surface area contributed by atoms with Crippen molar-refractivity contribution < 1.29 is 4.79 Å². The van der Waals surface area contributed by atoms with Gasteiger partial charge in [0.2, 0.25) is 5.91 Å². The molecule has 1 amide bonds. The Bertz CT molecular complexity index is 864. The van der Waals surface area contributed by atoms with E-state index in [1.807, 2.05) is 29.3 Å². The maximum Gasteiger partial charge on any atom is 0.245 e. The summed E-state index contributed by atoms with van der Waals surface area (Å²) in [5.41, 5.74) is 2.65. The molecule has 2 atom stereocenters. The van der Waals surface area contributed by atoms with E-state index in [9.17, 15) is 4.79 Å². The average molecular weight is 418 g/mol. The molecule has 0 aliphatic carbocycles. The van der Waals surface area contributed by atoms with Crippen molar-refractivity contribution in [3.63, 3.8) is 0 Å². The Morgan fingerprint density at radius 1 is 1.14 bits per heavy atom. The predicted octanol–water partition coefficient (Wildman–Crippen LogP) is 5.70. The first-order chi connectivity index (χ1) is 13.3. The van der Waals surface area contributed by atoms with E-state index in [-0.39, 0.29) is 17.9 Å². The van der Waals surface area contributed by atoms with E-state index in [0.717, 1.165) is 23.4 Å². The zero-order valence-electron chi connectivity index (χ0n) is 16.4. The molecule has 4 nitrogen and oxygen atoms in total. The molecule has 0 saturated carbocycles. The fraction of sp³-hybridized carbons (Fsp3) is 0.364. The van der Waals surface area contributed by atoms with Crippen LogP contribution in [-0.2, 0) is 4.79 Å². The number of carbonyl (C=O) groups is 1. The van der Waals surface area contributed by atoms with Gasteiger partial charge in [-0.2, -0.15) is 5.10 Å². The molecule has 2 aromatic rings. The first-order valence-electron chi connectivity index (χ1n) is 9.47. The van der Waals surface area contributed by atoms with E-state index in [2.05, 4.69) is 26.1 Å². The minimum absolute atomic E-state index is 0.102. The third kappa shape index (κ3) is 4.50.